The lowest BCUT2D eigenvalue weighted by Gasteiger charge is -2.37. The maximum Gasteiger partial charge on any atom is 0.229 e. The maximum atomic E-state index is 10.7. The topological polar surface area (TPSA) is 20.2 Å². The van der Waals surface area contributed by atoms with E-state index in [0.717, 1.165) is 5.56 Å². The van der Waals surface area contributed by atoms with E-state index in [1.807, 2.05) is 19.1 Å². The van der Waals surface area contributed by atoms with Crippen LogP contribution in [0.5, 0.6) is 0 Å². The van der Waals surface area contributed by atoms with Gasteiger partial charge < -0.3 is 5.11 Å². The van der Waals surface area contributed by atoms with Gasteiger partial charge in [0.05, 0.1) is 25.0 Å². The molecule has 2 nitrogen and oxygen atoms in total. The third kappa shape index (κ3) is 0.896. The van der Waals surface area contributed by atoms with Crippen molar-refractivity contribution in [2.45, 2.75) is 12.6 Å². The molecule has 0 fully saturated rings. The summed E-state index contributed by atoms with van der Waals surface area (Å²) in [6, 6.07) is 12.4. The Bertz CT molecular complexity index is 536. The Morgan fingerprint density at radius 3 is 2.38 bits per heavy atom. The number of hydrogen-bond acceptors (Lipinski definition) is 1. The van der Waals surface area contributed by atoms with Gasteiger partial charge in [-0.25, -0.2) is 0 Å². The average Bonchev–Trinajstić information content (AvgIpc) is 2.40. The highest BCUT2D eigenvalue weighted by Gasteiger charge is 2.50. The van der Waals surface area contributed by atoms with Crippen molar-refractivity contribution in [2.75, 3.05) is 14.1 Å². The summed E-state index contributed by atoms with van der Waals surface area (Å²) in [6.45, 7) is 1.89. The molecule has 1 aliphatic rings. The van der Waals surface area contributed by atoms with Crippen LogP contribution in [0.3, 0.4) is 0 Å². The van der Waals surface area contributed by atoms with Crippen LogP contribution in [0.25, 0.3) is 10.8 Å². The van der Waals surface area contributed by atoms with Gasteiger partial charge in [0.2, 0.25) is 5.72 Å². The second kappa shape index (κ2) is 2.65. The minimum Gasteiger partial charge on any atom is -0.338 e. The number of benzene rings is 2. The Kier molecular flexibility index (Phi) is 1.63. The predicted molar refractivity (Wildman–Crippen MR) is 67.2 cm³/mol. The van der Waals surface area contributed by atoms with Crippen LogP contribution in [0.15, 0.2) is 36.4 Å². The molecule has 2 aromatic carbocycles. The molecule has 1 N–H and O–H groups in total. The first-order chi connectivity index (χ1) is 7.46. The lowest BCUT2D eigenvalue weighted by molar-refractivity contribution is -0.0586. The van der Waals surface area contributed by atoms with Crippen molar-refractivity contribution in [3.05, 3.63) is 42.0 Å². The van der Waals surface area contributed by atoms with E-state index in [-0.39, 0.29) is 0 Å². The monoisotopic (exact) mass is 214 g/mol. The average molecular weight is 214 g/mol. The van der Waals surface area contributed by atoms with Crippen LogP contribution in [0.4, 0.5) is 5.69 Å². The first kappa shape index (κ1) is 9.82. The maximum absolute atomic E-state index is 10.7. The third-order valence-corrected chi connectivity index (χ3v) is 4.08. The third-order valence-electron chi connectivity index (χ3n) is 4.08. The Morgan fingerprint density at radius 2 is 1.69 bits per heavy atom. The molecule has 0 amide bonds. The molecule has 1 unspecified atom stereocenters. The van der Waals surface area contributed by atoms with E-state index in [2.05, 4.69) is 38.4 Å². The molecule has 1 heterocycles. The van der Waals surface area contributed by atoms with Crippen LogP contribution in [0.2, 0.25) is 0 Å². The Hall–Kier alpha value is -1.38. The lowest BCUT2D eigenvalue weighted by atomic mass is 10.0. The van der Waals surface area contributed by atoms with Crippen LogP contribution in [-0.4, -0.2) is 19.2 Å². The molecule has 0 saturated carbocycles. The van der Waals surface area contributed by atoms with E-state index < -0.39 is 5.72 Å². The van der Waals surface area contributed by atoms with Gasteiger partial charge in [-0.15, -0.1) is 0 Å². The highest BCUT2D eigenvalue weighted by atomic mass is 16.3. The van der Waals surface area contributed by atoms with E-state index in [1.54, 1.807) is 0 Å². The van der Waals surface area contributed by atoms with Gasteiger partial charge in [0.1, 0.15) is 5.69 Å². The molecule has 2 aromatic rings. The fourth-order valence-corrected chi connectivity index (χ4v) is 2.72. The number of hydrogen-bond donors (Lipinski definition) is 1. The Morgan fingerprint density at radius 1 is 1.06 bits per heavy atom. The number of aliphatic hydroxyl groups is 1. The van der Waals surface area contributed by atoms with E-state index in [0.29, 0.717) is 4.48 Å². The van der Waals surface area contributed by atoms with Crippen LogP contribution >= 0.6 is 0 Å². The fourth-order valence-electron chi connectivity index (χ4n) is 2.72. The van der Waals surface area contributed by atoms with Crippen molar-refractivity contribution in [2.24, 2.45) is 0 Å². The summed E-state index contributed by atoms with van der Waals surface area (Å²) in [5.41, 5.74) is 1.38. The van der Waals surface area contributed by atoms with Gasteiger partial charge in [-0.2, -0.15) is 0 Å². The van der Waals surface area contributed by atoms with Gasteiger partial charge in [-0.1, -0.05) is 24.3 Å². The molecule has 1 atom stereocenters. The standard InChI is InChI=1S/C14H16NO/c1-14(16)11-8-4-6-10-7-5-9-12(13(10)11)15(14,2)3/h4-9,16H,1-3H3/q+1. The second-order valence-corrected chi connectivity index (χ2v) is 5.16. The minimum atomic E-state index is -0.844. The minimum absolute atomic E-state index is 0.490. The fraction of sp³-hybridized carbons (Fsp3) is 0.286. The second-order valence-electron chi connectivity index (χ2n) is 5.16. The van der Waals surface area contributed by atoms with E-state index in [4.69, 9.17) is 0 Å². The van der Waals surface area contributed by atoms with Gasteiger partial charge >= 0.3 is 0 Å². The van der Waals surface area contributed by atoms with Crippen molar-refractivity contribution in [1.82, 2.24) is 4.48 Å². The van der Waals surface area contributed by atoms with Gasteiger partial charge in [0.15, 0.2) is 0 Å². The molecule has 1 aliphatic heterocycles. The summed E-state index contributed by atoms with van der Waals surface area (Å²) in [5, 5.41) is 13.1. The van der Waals surface area contributed by atoms with Crippen molar-refractivity contribution < 1.29 is 5.11 Å². The summed E-state index contributed by atoms with van der Waals surface area (Å²) in [4.78, 5) is 0. The van der Waals surface area contributed by atoms with Gasteiger partial charge in [0.25, 0.3) is 0 Å². The lowest BCUT2D eigenvalue weighted by Crippen LogP contribution is -2.53. The van der Waals surface area contributed by atoms with Crippen molar-refractivity contribution in [3.63, 3.8) is 0 Å². The molecule has 0 radical (unpaired) electrons. The summed E-state index contributed by atoms with van der Waals surface area (Å²) < 4.78 is 0.490. The van der Waals surface area contributed by atoms with E-state index >= 15 is 0 Å². The molecule has 16 heavy (non-hydrogen) atoms. The molecule has 0 aromatic heterocycles. The van der Waals surface area contributed by atoms with Crippen LogP contribution in [-0.2, 0) is 5.72 Å². The first-order valence-corrected chi connectivity index (χ1v) is 5.55. The highest BCUT2D eigenvalue weighted by Crippen LogP contribution is 2.49. The van der Waals surface area contributed by atoms with Gasteiger partial charge in [-0.05, 0) is 17.5 Å². The van der Waals surface area contributed by atoms with Crippen molar-refractivity contribution >= 4 is 16.5 Å². The molecular formula is C14H16NO+. The molecule has 0 spiro atoms. The normalized spacial score (nSPS) is 26.2. The highest BCUT2D eigenvalue weighted by molar-refractivity contribution is 5.99. The Labute approximate surface area is 95.3 Å². The first-order valence-electron chi connectivity index (χ1n) is 5.55. The van der Waals surface area contributed by atoms with Crippen LogP contribution < -0.4 is 4.48 Å². The van der Waals surface area contributed by atoms with Crippen molar-refractivity contribution in [1.29, 1.82) is 0 Å². The summed E-state index contributed by atoms with van der Waals surface area (Å²) in [6.07, 6.45) is 0. The summed E-state index contributed by atoms with van der Waals surface area (Å²) in [7, 11) is 4.10. The number of rotatable bonds is 0. The predicted octanol–water partition coefficient (Wildman–Crippen LogP) is 2.59. The molecule has 0 bridgehead atoms. The SMILES string of the molecule is CC1(O)c2cccc3cccc(c23)[N+]1(C)C. The van der Waals surface area contributed by atoms with Gasteiger partial charge in [0, 0.05) is 6.92 Å². The molecule has 0 saturated heterocycles. The number of nitrogens with zero attached hydrogens (tertiary/aromatic N) is 1. The zero-order valence-electron chi connectivity index (χ0n) is 9.86. The van der Waals surface area contributed by atoms with Crippen LogP contribution in [0.1, 0.15) is 12.5 Å². The van der Waals surface area contributed by atoms with Crippen molar-refractivity contribution in [3.8, 4) is 0 Å². The molecule has 0 aliphatic carbocycles. The van der Waals surface area contributed by atoms with Gasteiger partial charge in [-0.3, -0.25) is 4.48 Å². The largest absolute Gasteiger partial charge is 0.338 e. The zero-order chi connectivity index (χ0) is 11.6. The molecule has 2 heteroatoms. The summed E-state index contributed by atoms with van der Waals surface area (Å²) >= 11 is 0. The van der Waals surface area contributed by atoms with E-state index in [1.165, 1.54) is 16.5 Å². The zero-order valence-corrected chi connectivity index (χ0v) is 9.86. The Balaban J connectivity index is 2.54. The molecular weight excluding hydrogens is 198 g/mol. The molecule has 3 rings (SSSR count). The summed E-state index contributed by atoms with van der Waals surface area (Å²) in [5.74, 6) is 0. The van der Waals surface area contributed by atoms with Crippen LogP contribution in [0, 0.1) is 0 Å². The number of quaternary nitrogens is 1. The smallest absolute Gasteiger partial charge is 0.229 e. The molecule has 82 valence electrons. The quantitative estimate of drug-likeness (QED) is 0.668. The van der Waals surface area contributed by atoms with E-state index in [9.17, 15) is 5.11 Å².